The third-order valence-electron chi connectivity index (χ3n) is 5.37. The van der Waals surface area contributed by atoms with Gasteiger partial charge < -0.3 is 19.9 Å². The van der Waals surface area contributed by atoms with E-state index in [2.05, 4.69) is 51.4 Å². The molecule has 2 aromatic carbocycles. The molecule has 0 atom stereocenters. The van der Waals surface area contributed by atoms with Crippen LogP contribution in [0.3, 0.4) is 0 Å². The van der Waals surface area contributed by atoms with Gasteiger partial charge in [0.05, 0.1) is 6.54 Å². The van der Waals surface area contributed by atoms with E-state index >= 15 is 0 Å². The molecule has 0 amide bonds. The second-order valence-electron chi connectivity index (χ2n) is 7.65. The maximum atomic E-state index is 5.75. The first-order valence-corrected chi connectivity index (χ1v) is 10.5. The zero-order valence-electron chi connectivity index (χ0n) is 17.7. The normalized spacial score (nSPS) is 14.5. The molecule has 6 nitrogen and oxygen atoms in total. The van der Waals surface area contributed by atoms with Gasteiger partial charge in [-0.1, -0.05) is 18.2 Å². The quantitative estimate of drug-likeness (QED) is 0.607. The molecule has 4 rings (SSSR count). The Kier molecular flexibility index (Phi) is 6.44. The van der Waals surface area contributed by atoms with Gasteiger partial charge in [0.1, 0.15) is 18.2 Å². The van der Waals surface area contributed by atoms with E-state index in [9.17, 15) is 0 Å². The highest BCUT2D eigenvalue weighted by molar-refractivity contribution is 5.62. The van der Waals surface area contributed by atoms with Crippen molar-refractivity contribution in [2.45, 2.75) is 6.92 Å². The molecule has 0 spiro atoms. The van der Waals surface area contributed by atoms with Gasteiger partial charge in [-0.2, -0.15) is 0 Å². The van der Waals surface area contributed by atoms with Crippen molar-refractivity contribution in [3.05, 3.63) is 66.4 Å². The van der Waals surface area contributed by atoms with Crippen LogP contribution in [0.15, 0.2) is 60.8 Å². The van der Waals surface area contributed by atoms with Crippen LogP contribution in [0.5, 0.6) is 5.75 Å². The fourth-order valence-electron chi connectivity index (χ4n) is 3.50. The molecule has 1 aliphatic rings. The molecule has 1 fully saturated rings. The summed E-state index contributed by atoms with van der Waals surface area (Å²) in [5, 5.41) is 3.37. The lowest BCUT2D eigenvalue weighted by Crippen LogP contribution is -2.44. The second kappa shape index (κ2) is 9.59. The van der Waals surface area contributed by atoms with Gasteiger partial charge in [-0.05, 0) is 50.4 Å². The summed E-state index contributed by atoms with van der Waals surface area (Å²) in [5.74, 6) is 2.46. The van der Waals surface area contributed by atoms with Crippen LogP contribution < -0.4 is 15.0 Å². The molecule has 0 unspecified atom stereocenters. The smallest absolute Gasteiger partial charge is 0.161 e. The zero-order chi connectivity index (χ0) is 20.8. The molecule has 0 radical (unpaired) electrons. The highest BCUT2D eigenvalue weighted by atomic mass is 16.5. The van der Waals surface area contributed by atoms with Crippen molar-refractivity contribution in [2.24, 2.45) is 0 Å². The summed E-state index contributed by atoms with van der Waals surface area (Å²) in [5.41, 5.74) is 3.30. The topological polar surface area (TPSA) is 53.5 Å². The predicted molar refractivity (Wildman–Crippen MR) is 122 cm³/mol. The minimum Gasteiger partial charge on any atom is -0.492 e. The molecule has 0 saturated carbocycles. The number of aromatic nitrogens is 2. The van der Waals surface area contributed by atoms with Crippen LogP contribution in [0.1, 0.15) is 5.56 Å². The van der Waals surface area contributed by atoms with Crippen LogP contribution in [0.25, 0.3) is 11.4 Å². The van der Waals surface area contributed by atoms with Crippen LogP contribution in [0.2, 0.25) is 0 Å². The van der Waals surface area contributed by atoms with Crippen LogP contribution >= 0.6 is 0 Å². The number of aryl methyl sites for hydroxylation is 1. The van der Waals surface area contributed by atoms with Crippen molar-refractivity contribution in [3.63, 3.8) is 0 Å². The molecule has 30 heavy (non-hydrogen) atoms. The SMILES string of the molecule is Cc1cnc(-c2ccc(N3CCN(C)CC3)cc2)nc1NCCOc1ccccc1. The standard InChI is InChI=1S/C24H29N5O/c1-19-18-26-24(27-23(19)25-12-17-30-22-6-4-3-5-7-22)20-8-10-21(11-9-20)29-15-13-28(2)14-16-29/h3-11,18H,12-17H2,1-2H3,(H,25,26,27). The summed E-state index contributed by atoms with van der Waals surface area (Å²) in [4.78, 5) is 14.1. The predicted octanol–water partition coefficient (Wildman–Crippen LogP) is 3.69. The fraction of sp³-hybridized carbons (Fsp3) is 0.333. The number of anilines is 2. The maximum absolute atomic E-state index is 5.75. The molecular formula is C24H29N5O. The van der Waals surface area contributed by atoms with E-state index in [1.165, 1.54) is 5.69 Å². The molecule has 1 N–H and O–H groups in total. The van der Waals surface area contributed by atoms with Gasteiger partial charge in [0.2, 0.25) is 0 Å². The minimum absolute atomic E-state index is 0.572. The Morgan fingerprint density at radius 2 is 1.70 bits per heavy atom. The Balaban J connectivity index is 1.37. The van der Waals surface area contributed by atoms with Crippen molar-refractivity contribution >= 4 is 11.5 Å². The third kappa shape index (κ3) is 5.07. The van der Waals surface area contributed by atoms with Gasteiger partial charge in [-0.15, -0.1) is 0 Å². The number of rotatable bonds is 7. The maximum Gasteiger partial charge on any atom is 0.161 e. The lowest BCUT2D eigenvalue weighted by atomic mass is 10.1. The fourth-order valence-corrected chi connectivity index (χ4v) is 3.50. The van der Waals surface area contributed by atoms with Crippen molar-refractivity contribution in [2.75, 3.05) is 56.6 Å². The van der Waals surface area contributed by atoms with Crippen LogP contribution in [0.4, 0.5) is 11.5 Å². The Morgan fingerprint density at radius 3 is 2.43 bits per heavy atom. The molecule has 0 bridgehead atoms. The zero-order valence-corrected chi connectivity index (χ0v) is 17.7. The molecule has 2 heterocycles. The average Bonchev–Trinajstić information content (AvgIpc) is 2.79. The number of piperazine rings is 1. The minimum atomic E-state index is 0.572. The van der Waals surface area contributed by atoms with Crippen molar-refractivity contribution in [3.8, 4) is 17.1 Å². The Bertz CT molecular complexity index is 938. The Hall–Kier alpha value is -3.12. The third-order valence-corrected chi connectivity index (χ3v) is 5.37. The van der Waals surface area contributed by atoms with Crippen molar-refractivity contribution < 1.29 is 4.74 Å². The molecular weight excluding hydrogens is 374 g/mol. The van der Waals surface area contributed by atoms with Gasteiger partial charge in [0, 0.05) is 49.2 Å². The molecule has 1 aromatic heterocycles. The molecule has 156 valence electrons. The lowest BCUT2D eigenvalue weighted by molar-refractivity contribution is 0.313. The largest absolute Gasteiger partial charge is 0.492 e. The molecule has 0 aliphatic carbocycles. The van der Waals surface area contributed by atoms with Gasteiger partial charge in [-0.25, -0.2) is 9.97 Å². The molecule has 3 aromatic rings. The van der Waals surface area contributed by atoms with Gasteiger partial charge in [0.15, 0.2) is 5.82 Å². The summed E-state index contributed by atoms with van der Waals surface area (Å²) in [6.45, 7) is 7.60. The van der Waals surface area contributed by atoms with E-state index < -0.39 is 0 Å². The highest BCUT2D eigenvalue weighted by Gasteiger charge is 2.14. The summed E-state index contributed by atoms with van der Waals surface area (Å²) >= 11 is 0. The summed E-state index contributed by atoms with van der Waals surface area (Å²) < 4.78 is 5.75. The van der Waals surface area contributed by atoms with E-state index in [1.54, 1.807) is 0 Å². The molecule has 6 heteroatoms. The van der Waals surface area contributed by atoms with Crippen LogP contribution in [0, 0.1) is 6.92 Å². The van der Waals surface area contributed by atoms with Crippen LogP contribution in [-0.2, 0) is 0 Å². The van der Waals surface area contributed by atoms with E-state index in [0.717, 1.165) is 54.7 Å². The number of nitrogens with zero attached hydrogens (tertiary/aromatic N) is 4. The second-order valence-corrected chi connectivity index (χ2v) is 7.65. The van der Waals surface area contributed by atoms with Crippen LogP contribution in [-0.4, -0.2) is 61.2 Å². The molecule has 1 saturated heterocycles. The first-order chi connectivity index (χ1) is 14.7. The Morgan fingerprint density at radius 1 is 0.967 bits per heavy atom. The Labute approximate surface area is 178 Å². The highest BCUT2D eigenvalue weighted by Crippen LogP contribution is 2.23. The number of benzene rings is 2. The van der Waals surface area contributed by atoms with Gasteiger partial charge in [0.25, 0.3) is 0 Å². The number of likely N-dealkylation sites (N-methyl/N-ethyl adjacent to an activating group) is 1. The number of hydrogen-bond acceptors (Lipinski definition) is 6. The van der Waals surface area contributed by atoms with E-state index in [4.69, 9.17) is 9.72 Å². The summed E-state index contributed by atoms with van der Waals surface area (Å²) in [6.07, 6.45) is 1.87. The number of hydrogen-bond donors (Lipinski definition) is 1. The van der Waals surface area contributed by atoms with Crippen molar-refractivity contribution in [1.29, 1.82) is 0 Å². The lowest BCUT2D eigenvalue weighted by Gasteiger charge is -2.34. The first kappa shape index (κ1) is 20.2. The molecule has 1 aliphatic heterocycles. The van der Waals surface area contributed by atoms with Gasteiger partial charge in [-0.3, -0.25) is 0 Å². The average molecular weight is 404 g/mol. The summed E-state index contributed by atoms with van der Waals surface area (Å²) in [6, 6.07) is 18.4. The first-order valence-electron chi connectivity index (χ1n) is 10.5. The van der Waals surface area contributed by atoms with Crippen molar-refractivity contribution in [1.82, 2.24) is 14.9 Å². The van der Waals surface area contributed by atoms with E-state index in [-0.39, 0.29) is 0 Å². The summed E-state index contributed by atoms with van der Waals surface area (Å²) in [7, 11) is 2.18. The number of para-hydroxylation sites is 1. The van der Waals surface area contributed by atoms with E-state index in [1.807, 2.05) is 43.5 Å². The van der Waals surface area contributed by atoms with Gasteiger partial charge >= 0.3 is 0 Å². The number of nitrogens with one attached hydrogen (secondary N) is 1. The number of ether oxygens (including phenoxy) is 1. The van der Waals surface area contributed by atoms with E-state index in [0.29, 0.717) is 13.2 Å². The monoisotopic (exact) mass is 403 g/mol.